The molecular weight excluding hydrogens is 602 g/mol. The molecule has 2 amide bonds. The topological polar surface area (TPSA) is 113 Å². The number of aromatic amines is 1. The van der Waals surface area contributed by atoms with Crippen LogP contribution in [0.25, 0.3) is 27.7 Å². The number of hydrogen-bond acceptors (Lipinski definition) is 7. The molecule has 0 radical (unpaired) electrons. The van der Waals surface area contributed by atoms with Gasteiger partial charge in [0.05, 0.1) is 17.5 Å². The molecule has 1 atom stereocenters. The van der Waals surface area contributed by atoms with Crippen LogP contribution in [0.2, 0.25) is 0 Å². The number of fused-ring (bicyclic) bond motifs is 1. The molecule has 2 fully saturated rings. The van der Waals surface area contributed by atoms with Gasteiger partial charge in [0.15, 0.2) is 5.84 Å². The number of likely N-dealkylation sites (tertiary alicyclic amines) is 1. The largest absolute Gasteiger partial charge is 0.338 e. The van der Waals surface area contributed by atoms with E-state index in [-0.39, 0.29) is 11.8 Å². The summed E-state index contributed by atoms with van der Waals surface area (Å²) in [6, 6.07) is 18.2. The Bertz CT molecular complexity index is 1940. The minimum absolute atomic E-state index is 0.117. The molecular formula is C37H41N9O2. The highest BCUT2D eigenvalue weighted by atomic mass is 16.2. The molecule has 2 aromatic carbocycles. The molecule has 48 heavy (non-hydrogen) atoms. The van der Waals surface area contributed by atoms with Crippen LogP contribution in [0.1, 0.15) is 36.1 Å². The van der Waals surface area contributed by atoms with Gasteiger partial charge in [-0.3, -0.25) is 24.6 Å². The van der Waals surface area contributed by atoms with Gasteiger partial charge in [0.25, 0.3) is 0 Å². The SMILES string of the molecule is C=N/C(=N\N(C)C)c1ccc(C2=CCN(C(=O)CN3CC[C@]4(CCN(c5ccc6[nH]nc(-c7ccnc(C)c7)c6c5)C4=O)C3)CC2)cc1. The van der Waals surface area contributed by atoms with Crippen molar-refractivity contribution in [2.45, 2.75) is 26.2 Å². The molecule has 0 aliphatic carbocycles. The molecule has 1 N–H and O–H groups in total. The van der Waals surface area contributed by atoms with Gasteiger partial charge in [0.2, 0.25) is 11.8 Å². The lowest BCUT2D eigenvalue weighted by molar-refractivity contribution is -0.132. The summed E-state index contributed by atoms with van der Waals surface area (Å²) >= 11 is 0. The van der Waals surface area contributed by atoms with Crippen LogP contribution in [-0.2, 0) is 9.59 Å². The average molecular weight is 644 g/mol. The predicted octanol–water partition coefficient (Wildman–Crippen LogP) is 4.60. The Labute approximate surface area is 280 Å². The van der Waals surface area contributed by atoms with Gasteiger partial charge in [-0.25, -0.2) is 4.99 Å². The smallest absolute Gasteiger partial charge is 0.237 e. The van der Waals surface area contributed by atoms with Gasteiger partial charge in [-0.2, -0.15) is 10.2 Å². The Morgan fingerprint density at radius 2 is 1.85 bits per heavy atom. The minimum Gasteiger partial charge on any atom is -0.338 e. The third-order valence-corrected chi connectivity index (χ3v) is 9.85. The zero-order valence-corrected chi connectivity index (χ0v) is 27.8. The molecule has 1 spiro atoms. The van der Waals surface area contributed by atoms with E-state index in [0.717, 1.165) is 70.5 Å². The van der Waals surface area contributed by atoms with E-state index in [1.165, 1.54) is 5.57 Å². The molecule has 11 nitrogen and oxygen atoms in total. The molecule has 7 rings (SSSR count). The first-order valence-electron chi connectivity index (χ1n) is 16.5. The van der Waals surface area contributed by atoms with E-state index in [4.69, 9.17) is 0 Å². The van der Waals surface area contributed by atoms with Crippen molar-refractivity contribution in [2.24, 2.45) is 15.5 Å². The summed E-state index contributed by atoms with van der Waals surface area (Å²) in [5.74, 6) is 0.853. The summed E-state index contributed by atoms with van der Waals surface area (Å²) in [5.41, 5.74) is 7.42. The van der Waals surface area contributed by atoms with Crippen LogP contribution in [0, 0.1) is 12.3 Å². The van der Waals surface area contributed by atoms with Crippen LogP contribution in [0.5, 0.6) is 0 Å². The lowest BCUT2D eigenvalue weighted by atomic mass is 9.85. The fraction of sp³-hybridized carbons (Fsp3) is 0.351. The quantitative estimate of drug-likeness (QED) is 0.179. The van der Waals surface area contributed by atoms with E-state index < -0.39 is 5.41 Å². The second-order valence-corrected chi connectivity index (χ2v) is 13.3. The monoisotopic (exact) mass is 643 g/mol. The number of aryl methyl sites for hydroxylation is 1. The average Bonchev–Trinajstić information content (AvgIpc) is 3.80. The van der Waals surface area contributed by atoms with Gasteiger partial charge in [-0.1, -0.05) is 30.3 Å². The summed E-state index contributed by atoms with van der Waals surface area (Å²) < 4.78 is 0. The number of carbonyl (C=O) groups is 2. The molecule has 5 heterocycles. The Kier molecular flexibility index (Phi) is 8.38. The van der Waals surface area contributed by atoms with Crippen molar-refractivity contribution in [1.82, 2.24) is 30.0 Å². The number of carbonyl (C=O) groups excluding carboxylic acids is 2. The lowest BCUT2D eigenvalue weighted by Gasteiger charge is -2.29. The standard InChI is InChI=1S/C37H41N9O2/c1-25-21-29(11-16-39-25)34-31-22-30(9-10-32(31)40-41-34)46-20-15-37(36(46)48)14-19-44(24-37)23-33(47)45-17-12-27(13-18-45)26-5-7-28(8-6-26)35(38-2)42-43(3)4/h5-12,16,21-22H,2,13-15,17-20,23-24H2,1,3-4H3,(H,40,41)/b42-35-/t37-/m0/s1. The van der Waals surface area contributed by atoms with Crippen molar-refractivity contribution in [1.29, 1.82) is 0 Å². The second-order valence-electron chi connectivity index (χ2n) is 13.3. The molecule has 3 aliphatic rings. The summed E-state index contributed by atoms with van der Waals surface area (Å²) in [7, 11) is 3.71. The number of nitrogens with zero attached hydrogens (tertiary/aromatic N) is 8. The van der Waals surface area contributed by atoms with E-state index in [1.807, 2.05) is 67.2 Å². The van der Waals surface area contributed by atoms with Gasteiger partial charge in [-0.05, 0) is 80.9 Å². The number of pyridine rings is 1. The lowest BCUT2D eigenvalue weighted by Crippen LogP contribution is -2.43. The molecule has 2 aromatic heterocycles. The Balaban J connectivity index is 0.970. The number of aromatic nitrogens is 3. The van der Waals surface area contributed by atoms with Gasteiger partial charge in [0, 0.05) is 74.4 Å². The summed E-state index contributed by atoms with van der Waals surface area (Å²) in [4.78, 5) is 41.8. The van der Waals surface area contributed by atoms with E-state index in [0.29, 0.717) is 38.6 Å². The maximum Gasteiger partial charge on any atom is 0.237 e. The van der Waals surface area contributed by atoms with E-state index in [1.54, 1.807) is 11.2 Å². The van der Waals surface area contributed by atoms with Crippen LogP contribution in [0.15, 0.2) is 77.0 Å². The first kappa shape index (κ1) is 31.4. The molecule has 0 unspecified atom stereocenters. The number of rotatable bonds is 7. The molecule has 0 saturated carbocycles. The van der Waals surface area contributed by atoms with Crippen molar-refractivity contribution in [3.63, 3.8) is 0 Å². The zero-order chi connectivity index (χ0) is 33.4. The van der Waals surface area contributed by atoms with Crippen molar-refractivity contribution in [3.8, 4) is 11.3 Å². The van der Waals surface area contributed by atoms with Gasteiger partial charge < -0.3 is 14.8 Å². The number of nitrogens with one attached hydrogen (secondary N) is 1. The highest BCUT2D eigenvalue weighted by Crippen LogP contribution is 2.43. The number of amides is 2. The number of amidine groups is 1. The minimum atomic E-state index is -0.448. The van der Waals surface area contributed by atoms with Crippen molar-refractivity contribution in [3.05, 3.63) is 83.7 Å². The molecule has 246 valence electrons. The van der Waals surface area contributed by atoms with Crippen LogP contribution >= 0.6 is 0 Å². The molecule has 3 aliphatic heterocycles. The number of benzene rings is 2. The number of aliphatic imine (C=N–C) groups is 1. The van der Waals surface area contributed by atoms with Crippen molar-refractivity contribution >= 4 is 46.5 Å². The van der Waals surface area contributed by atoms with Crippen LogP contribution in [0.3, 0.4) is 0 Å². The van der Waals surface area contributed by atoms with Crippen LogP contribution in [-0.4, -0.2) is 108 Å². The maximum absolute atomic E-state index is 14.0. The molecule has 0 bridgehead atoms. The third-order valence-electron chi connectivity index (χ3n) is 9.85. The third kappa shape index (κ3) is 6.01. The number of hydrogen-bond donors (Lipinski definition) is 1. The van der Waals surface area contributed by atoms with E-state index in [9.17, 15) is 9.59 Å². The first-order valence-corrected chi connectivity index (χ1v) is 16.5. The predicted molar refractivity (Wildman–Crippen MR) is 190 cm³/mol. The normalized spacial score (nSPS) is 20.2. The summed E-state index contributed by atoms with van der Waals surface area (Å²) in [5, 5.41) is 14.8. The molecule has 2 saturated heterocycles. The van der Waals surface area contributed by atoms with Gasteiger partial charge in [-0.15, -0.1) is 0 Å². The fourth-order valence-corrected chi connectivity index (χ4v) is 7.27. The van der Waals surface area contributed by atoms with Crippen LogP contribution in [0.4, 0.5) is 5.69 Å². The molecule has 11 heteroatoms. The van der Waals surface area contributed by atoms with Crippen LogP contribution < -0.4 is 4.90 Å². The fourth-order valence-electron chi connectivity index (χ4n) is 7.27. The van der Waals surface area contributed by atoms with E-state index >= 15 is 0 Å². The second kappa shape index (κ2) is 12.8. The van der Waals surface area contributed by atoms with Gasteiger partial charge >= 0.3 is 0 Å². The molecule has 4 aromatic rings. The highest BCUT2D eigenvalue weighted by Gasteiger charge is 2.51. The first-order chi connectivity index (χ1) is 23.2. The van der Waals surface area contributed by atoms with Crippen molar-refractivity contribution < 1.29 is 9.59 Å². The Morgan fingerprint density at radius 3 is 2.58 bits per heavy atom. The number of H-pyrrole nitrogens is 1. The summed E-state index contributed by atoms with van der Waals surface area (Å²) in [6.07, 6.45) is 6.30. The number of anilines is 1. The zero-order valence-electron chi connectivity index (χ0n) is 27.8. The highest BCUT2D eigenvalue weighted by molar-refractivity contribution is 6.03. The Hall–Kier alpha value is -5.16. The van der Waals surface area contributed by atoms with E-state index in [2.05, 4.69) is 61.2 Å². The summed E-state index contributed by atoms with van der Waals surface area (Å²) in [6.45, 7) is 9.24. The Morgan fingerprint density at radius 1 is 1.04 bits per heavy atom. The van der Waals surface area contributed by atoms with Crippen molar-refractivity contribution in [2.75, 3.05) is 58.3 Å². The van der Waals surface area contributed by atoms with Gasteiger partial charge in [0.1, 0.15) is 5.69 Å². The maximum atomic E-state index is 14.0. The number of hydrazone groups is 1.